The fourth-order valence-electron chi connectivity index (χ4n) is 4.17. The Kier molecular flexibility index (Phi) is 7.65. The second-order valence-electron chi connectivity index (χ2n) is 8.56. The van der Waals surface area contributed by atoms with Gasteiger partial charge >= 0.3 is 0 Å². The number of imide groups is 1. The fraction of sp³-hybridized carbons (Fsp3) is 0.308. The van der Waals surface area contributed by atoms with Crippen LogP contribution in [0.5, 0.6) is 0 Å². The van der Waals surface area contributed by atoms with E-state index in [1.54, 1.807) is 11.0 Å². The molecule has 182 valence electrons. The van der Waals surface area contributed by atoms with Crippen molar-refractivity contribution in [1.29, 1.82) is 0 Å². The van der Waals surface area contributed by atoms with Gasteiger partial charge in [-0.3, -0.25) is 24.1 Å². The van der Waals surface area contributed by atoms with Crippen molar-refractivity contribution < 1.29 is 23.6 Å². The predicted molar refractivity (Wildman–Crippen MR) is 132 cm³/mol. The molecule has 35 heavy (non-hydrogen) atoms. The Balaban J connectivity index is 1.24. The Morgan fingerprint density at radius 1 is 1.09 bits per heavy atom. The third-order valence-electron chi connectivity index (χ3n) is 6.20. The highest BCUT2D eigenvalue weighted by Crippen LogP contribution is 2.32. The first kappa shape index (κ1) is 24.7. The van der Waals surface area contributed by atoms with Crippen molar-refractivity contribution in [2.45, 2.75) is 19.8 Å². The van der Waals surface area contributed by atoms with Gasteiger partial charge in [0.25, 0.3) is 17.1 Å². The molecule has 2 aliphatic heterocycles. The summed E-state index contributed by atoms with van der Waals surface area (Å²) in [5, 5.41) is 2.41. The molecule has 2 aliphatic rings. The Hall–Kier alpha value is -3.46. The first-order valence-electron chi connectivity index (χ1n) is 11.5. The van der Waals surface area contributed by atoms with E-state index in [-0.39, 0.29) is 41.5 Å². The van der Waals surface area contributed by atoms with Gasteiger partial charge in [0.2, 0.25) is 5.91 Å². The lowest BCUT2D eigenvalue weighted by Gasteiger charge is -2.31. The third-order valence-corrected chi connectivity index (χ3v) is 7.11. The number of carbonyl (C=O) groups is 4. The SMILES string of the molecule is Cc1ccccc1C(=O)N1CCC(C(=O)NCCN2C(=O)SC(=Cc3ccc(F)cc3)C2=O)CC1. The highest BCUT2D eigenvalue weighted by atomic mass is 32.2. The number of halogens is 1. The topological polar surface area (TPSA) is 86.8 Å². The Bertz CT molecular complexity index is 1170. The van der Waals surface area contributed by atoms with Gasteiger partial charge in [-0.15, -0.1) is 0 Å². The predicted octanol–water partition coefficient (Wildman–Crippen LogP) is 3.84. The lowest BCUT2D eigenvalue weighted by Crippen LogP contribution is -2.44. The molecular formula is C26H26FN3O4S. The number of nitrogens with zero attached hydrogens (tertiary/aromatic N) is 2. The number of benzene rings is 2. The number of hydrogen-bond donors (Lipinski definition) is 1. The largest absolute Gasteiger partial charge is 0.354 e. The van der Waals surface area contributed by atoms with Crippen LogP contribution >= 0.6 is 11.8 Å². The lowest BCUT2D eigenvalue weighted by molar-refractivity contribution is -0.127. The van der Waals surface area contributed by atoms with Crippen LogP contribution in [0.3, 0.4) is 0 Å². The second kappa shape index (κ2) is 10.9. The van der Waals surface area contributed by atoms with Crippen LogP contribution in [0.25, 0.3) is 6.08 Å². The number of rotatable bonds is 6. The van der Waals surface area contributed by atoms with Crippen LogP contribution in [0.1, 0.15) is 34.3 Å². The van der Waals surface area contributed by atoms with E-state index >= 15 is 0 Å². The van der Waals surface area contributed by atoms with Crippen LogP contribution in [0.2, 0.25) is 0 Å². The molecule has 4 rings (SSSR count). The van der Waals surface area contributed by atoms with Crippen molar-refractivity contribution in [3.63, 3.8) is 0 Å². The standard InChI is InChI=1S/C26H26FN3O4S/c1-17-4-2-3-5-21(17)24(32)29-13-10-19(11-14-29)23(31)28-12-15-30-25(33)22(35-26(30)34)16-18-6-8-20(27)9-7-18/h2-9,16,19H,10-15H2,1H3,(H,28,31). The van der Waals surface area contributed by atoms with E-state index in [4.69, 9.17) is 0 Å². The normalized spacial score (nSPS) is 17.8. The van der Waals surface area contributed by atoms with Crippen LogP contribution in [0.4, 0.5) is 9.18 Å². The van der Waals surface area contributed by atoms with Crippen molar-refractivity contribution in [1.82, 2.24) is 15.1 Å². The van der Waals surface area contributed by atoms with Crippen LogP contribution in [0, 0.1) is 18.7 Å². The van der Waals surface area contributed by atoms with Gasteiger partial charge in [-0.05, 0) is 66.9 Å². The molecule has 2 fully saturated rings. The van der Waals surface area contributed by atoms with Gasteiger partial charge < -0.3 is 10.2 Å². The molecule has 0 radical (unpaired) electrons. The van der Waals surface area contributed by atoms with Crippen LogP contribution in [-0.2, 0) is 9.59 Å². The number of likely N-dealkylation sites (tertiary alicyclic amines) is 1. The van der Waals surface area contributed by atoms with Gasteiger partial charge in [0.05, 0.1) is 4.91 Å². The molecule has 0 atom stereocenters. The number of piperidine rings is 1. The number of nitrogens with one attached hydrogen (secondary N) is 1. The maximum absolute atomic E-state index is 13.1. The van der Waals surface area contributed by atoms with Crippen LogP contribution in [0.15, 0.2) is 53.4 Å². The first-order chi connectivity index (χ1) is 16.8. The van der Waals surface area contributed by atoms with E-state index in [0.717, 1.165) is 22.2 Å². The average molecular weight is 496 g/mol. The summed E-state index contributed by atoms with van der Waals surface area (Å²) >= 11 is 0.824. The summed E-state index contributed by atoms with van der Waals surface area (Å²) in [5.41, 5.74) is 2.23. The van der Waals surface area contributed by atoms with Crippen molar-refractivity contribution in [3.05, 3.63) is 75.9 Å². The summed E-state index contributed by atoms with van der Waals surface area (Å²) in [5.74, 6) is -1.18. The minimum absolute atomic E-state index is 0.0185. The van der Waals surface area contributed by atoms with E-state index in [1.807, 2.05) is 31.2 Å². The zero-order valence-corrected chi connectivity index (χ0v) is 20.1. The van der Waals surface area contributed by atoms with Crippen molar-refractivity contribution in [3.8, 4) is 0 Å². The summed E-state index contributed by atoms with van der Waals surface area (Å²) in [6, 6.07) is 13.1. The molecule has 7 nitrogen and oxygen atoms in total. The zero-order chi connectivity index (χ0) is 24.9. The van der Waals surface area contributed by atoms with Gasteiger partial charge in [0, 0.05) is 37.7 Å². The van der Waals surface area contributed by atoms with E-state index < -0.39 is 11.1 Å². The van der Waals surface area contributed by atoms with Crippen molar-refractivity contribution in [2.75, 3.05) is 26.2 Å². The molecule has 0 saturated carbocycles. The summed E-state index contributed by atoms with van der Waals surface area (Å²) in [7, 11) is 0. The summed E-state index contributed by atoms with van der Waals surface area (Å²) in [4.78, 5) is 53.4. The summed E-state index contributed by atoms with van der Waals surface area (Å²) < 4.78 is 13.1. The van der Waals surface area contributed by atoms with E-state index in [0.29, 0.717) is 37.1 Å². The summed E-state index contributed by atoms with van der Waals surface area (Å²) in [6.45, 7) is 3.14. The molecule has 4 amide bonds. The first-order valence-corrected chi connectivity index (χ1v) is 12.3. The Morgan fingerprint density at radius 3 is 2.46 bits per heavy atom. The summed E-state index contributed by atoms with van der Waals surface area (Å²) in [6.07, 6.45) is 2.67. The van der Waals surface area contributed by atoms with Crippen LogP contribution < -0.4 is 5.32 Å². The van der Waals surface area contributed by atoms with E-state index in [2.05, 4.69) is 5.32 Å². The van der Waals surface area contributed by atoms with E-state index in [9.17, 15) is 23.6 Å². The highest BCUT2D eigenvalue weighted by molar-refractivity contribution is 8.18. The minimum atomic E-state index is -0.429. The Morgan fingerprint density at radius 2 is 1.77 bits per heavy atom. The number of amides is 4. The molecule has 9 heteroatoms. The number of thioether (sulfide) groups is 1. The molecule has 2 aromatic rings. The number of aryl methyl sites for hydroxylation is 1. The monoisotopic (exact) mass is 495 g/mol. The third kappa shape index (κ3) is 5.79. The second-order valence-corrected chi connectivity index (χ2v) is 9.55. The lowest BCUT2D eigenvalue weighted by atomic mass is 9.95. The molecular weight excluding hydrogens is 469 g/mol. The smallest absolute Gasteiger partial charge is 0.293 e. The van der Waals surface area contributed by atoms with Gasteiger partial charge in [-0.2, -0.15) is 0 Å². The number of hydrogen-bond acceptors (Lipinski definition) is 5. The number of carbonyl (C=O) groups excluding carboxylic acids is 4. The molecule has 2 aromatic carbocycles. The average Bonchev–Trinajstić information content (AvgIpc) is 3.12. The van der Waals surface area contributed by atoms with Gasteiger partial charge in [0.1, 0.15) is 5.82 Å². The van der Waals surface area contributed by atoms with Crippen molar-refractivity contribution in [2.24, 2.45) is 5.92 Å². The van der Waals surface area contributed by atoms with Gasteiger partial charge in [-0.1, -0.05) is 30.3 Å². The molecule has 2 heterocycles. The van der Waals surface area contributed by atoms with Gasteiger partial charge in [-0.25, -0.2) is 4.39 Å². The molecule has 0 spiro atoms. The quantitative estimate of drug-likeness (QED) is 0.616. The van der Waals surface area contributed by atoms with Crippen molar-refractivity contribution >= 4 is 40.8 Å². The molecule has 0 aromatic heterocycles. The van der Waals surface area contributed by atoms with Gasteiger partial charge in [0.15, 0.2) is 0 Å². The maximum atomic E-state index is 13.1. The highest BCUT2D eigenvalue weighted by Gasteiger charge is 2.35. The maximum Gasteiger partial charge on any atom is 0.293 e. The molecule has 0 aliphatic carbocycles. The molecule has 0 bridgehead atoms. The molecule has 2 saturated heterocycles. The van der Waals surface area contributed by atoms with E-state index in [1.165, 1.54) is 24.3 Å². The molecule has 0 unspecified atom stereocenters. The Labute approximate surface area is 207 Å². The minimum Gasteiger partial charge on any atom is -0.354 e. The van der Waals surface area contributed by atoms with Crippen LogP contribution in [-0.4, -0.2) is 58.9 Å². The zero-order valence-electron chi connectivity index (χ0n) is 19.3. The fourth-order valence-corrected chi connectivity index (χ4v) is 5.03. The molecule has 1 N–H and O–H groups in total.